The third-order valence-corrected chi connectivity index (χ3v) is 2.83. The van der Waals surface area contributed by atoms with E-state index in [1.165, 1.54) is 4.68 Å². The number of aromatic nitrogens is 2. The minimum absolute atomic E-state index is 0.0336. The van der Waals surface area contributed by atoms with Gasteiger partial charge in [-0.05, 0) is 12.1 Å². The number of nitro groups is 1. The van der Waals surface area contributed by atoms with Gasteiger partial charge in [0.1, 0.15) is 18.2 Å². The van der Waals surface area contributed by atoms with Crippen molar-refractivity contribution in [1.29, 1.82) is 0 Å². The molecule has 0 aliphatic rings. The van der Waals surface area contributed by atoms with Gasteiger partial charge in [-0.3, -0.25) is 19.6 Å². The van der Waals surface area contributed by atoms with E-state index in [0.717, 1.165) is 30.6 Å². The largest absolute Gasteiger partial charge is 0.432 e. The van der Waals surface area contributed by atoms with Crippen LogP contribution in [0.3, 0.4) is 0 Å². The lowest BCUT2D eigenvalue weighted by Crippen LogP contribution is -2.16. The van der Waals surface area contributed by atoms with E-state index in [9.17, 15) is 28.1 Å². The zero-order chi connectivity index (χ0) is 17.7. The lowest BCUT2D eigenvalue weighted by molar-refractivity contribution is -0.385. The quantitative estimate of drug-likeness (QED) is 0.615. The van der Waals surface area contributed by atoms with Crippen LogP contribution >= 0.6 is 0 Å². The van der Waals surface area contributed by atoms with Gasteiger partial charge in [0.05, 0.1) is 10.6 Å². The Kier molecular flexibility index (Phi) is 5.35. The fraction of sp³-hybridized carbons (Fsp3) is 0.231. The number of carbonyl (C=O) groups is 1. The molecule has 2 rings (SSSR count). The van der Waals surface area contributed by atoms with Crippen LogP contribution in [0.1, 0.15) is 6.42 Å². The van der Waals surface area contributed by atoms with Crippen molar-refractivity contribution in [3.63, 3.8) is 0 Å². The van der Waals surface area contributed by atoms with Crippen molar-refractivity contribution >= 4 is 17.3 Å². The SMILES string of the molecule is O=C(CCn1cc([N+](=O)[O-])cn1)Nc1ccc(F)cc1OC(F)F. The maximum Gasteiger partial charge on any atom is 0.387 e. The van der Waals surface area contributed by atoms with E-state index < -0.39 is 29.0 Å². The Morgan fingerprint density at radius 3 is 2.83 bits per heavy atom. The Bertz CT molecular complexity index is 751. The van der Waals surface area contributed by atoms with Gasteiger partial charge in [0.2, 0.25) is 5.91 Å². The number of rotatable bonds is 7. The summed E-state index contributed by atoms with van der Waals surface area (Å²) in [6, 6.07) is 2.78. The number of alkyl halides is 2. The molecule has 1 aromatic heterocycles. The minimum Gasteiger partial charge on any atom is -0.432 e. The van der Waals surface area contributed by atoms with Crippen molar-refractivity contribution in [3.05, 3.63) is 46.5 Å². The number of ether oxygens (including phenoxy) is 1. The Balaban J connectivity index is 1.97. The van der Waals surface area contributed by atoms with Crippen molar-refractivity contribution in [2.24, 2.45) is 0 Å². The fourth-order valence-electron chi connectivity index (χ4n) is 1.79. The van der Waals surface area contributed by atoms with Crippen LogP contribution in [0.5, 0.6) is 5.75 Å². The Morgan fingerprint density at radius 1 is 1.46 bits per heavy atom. The number of nitrogens with one attached hydrogen (secondary N) is 1. The van der Waals surface area contributed by atoms with Gasteiger partial charge in [-0.25, -0.2) is 4.39 Å². The number of hydrogen-bond acceptors (Lipinski definition) is 5. The zero-order valence-electron chi connectivity index (χ0n) is 12.0. The predicted octanol–water partition coefficient (Wildman–Crippen LogP) is 2.56. The highest BCUT2D eigenvalue weighted by Gasteiger charge is 2.14. The molecule has 2 aromatic rings. The van der Waals surface area contributed by atoms with Gasteiger partial charge in [-0.1, -0.05) is 0 Å². The second-order valence-electron chi connectivity index (χ2n) is 4.54. The van der Waals surface area contributed by atoms with Crippen molar-refractivity contribution in [3.8, 4) is 5.75 Å². The van der Waals surface area contributed by atoms with Gasteiger partial charge in [-0.2, -0.15) is 13.9 Å². The van der Waals surface area contributed by atoms with Crippen molar-refractivity contribution in [1.82, 2.24) is 9.78 Å². The maximum absolute atomic E-state index is 13.1. The predicted molar refractivity (Wildman–Crippen MR) is 75.2 cm³/mol. The standard InChI is InChI=1S/C13H11F3N4O4/c14-8-1-2-10(11(5-8)24-13(15)16)18-12(21)3-4-19-7-9(6-17-19)20(22)23/h1-2,5-7,13H,3-4H2,(H,18,21). The second kappa shape index (κ2) is 7.44. The first-order chi connectivity index (χ1) is 11.3. The molecule has 0 saturated heterocycles. The van der Waals surface area contributed by atoms with Crippen molar-refractivity contribution < 1.29 is 27.6 Å². The van der Waals surface area contributed by atoms with Crippen LogP contribution in [-0.2, 0) is 11.3 Å². The summed E-state index contributed by atoms with van der Waals surface area (Å²) in [6.07, 6.45) is 2.05. The Morgan fingerprint density at radius 2 is 2.21 bits per heavy atom. The van der Waals surface area contributed by atoms with Gasteiger partial charge >= 0.3 is 12.3 Å². The summed E-state index contributed by atoms with van der Waals surface area (Å²) in [6.45, 7) is -3.14. The fourth-order valence-corrected chi connectivity index (χ4v) is 1.79. The van der Waals surface area contributed by atoms with Crippen molar-refractivity contribution in [2.75, 3.05) is 5.32 Å². The van der Waals surface area contributed by atoms with Crippen LogP contribution in [0.25, 0.3) is 0 Å². The summed E-state index contributed by atoms with van der Waals surface area (Å²) in [7, 11) is 0. The van der Waals surface area contributed by atoms with Gasteiger partial charge in [-0.15, -0.1) is 0 Å². The smallest absolute Gasteiger partial charge is 0.387 e. The van der Waals surface area contributed by atoms with Crippen LogP contribution < -0.4 is 10.1 Å². The normalized spacial score (nSPS) is 10.7. The molecule has 1 aromatic carbocycles. The minimum atomic E-state index is -3.17. The number of carbonyl (C=O) groups excluding carboxylic acids is 1. The molecular formula is C13H11F3N4O4. The average Bonchev–Trinajstić information content (AvgIpc) is 2.96. The summed E-state index contributed by atoms with van der Waals surface area (Å²) >= 11 is 0. The number of benzene rings is 1. The molecular weight excluding hydrogens is 333 g/mol. The van der Waals surface area contributed by atoms with Crippen LogP contribution in [0.2, 0.25) is 0 Å². The Hall–Kier alpha value is -3.11. The third-order valence-electron chi connectivity index (χ3n) is 2.83. The summed E-state index contributed by atoms with van der Waals surface area (Å²) < 4.78 is 43.0. The molecule has 0 bridgehead atoms. The first-order valence-electron chi connectivity index (χ1n) is 6.56. The molecule has 24 heavy (non-hydrogen) atoms. The van der Waals surface area contributed by atoms with E-state index in [1.54, 1.807) is 0 Å². The van der Waals surface area contributed by atoms with E-state index >= 15 is 0 Å². The molecule has 1 amide bonds. The molecule has 0 fully saturated rings. The molecule has 0 radical (unpaired) electrons. The molecule has 0 aliphatic heterocycles. The molecule has 8 nitrogen and oxygen atoms in total. The van der Waals surface area contributed by atoms with Crippen LogP contribution in [0, 0.1) is 15.9 Å². The highest BCUT2D eigenvalue weighted by atomic mass is 19.3. The van der Waals surface area contributed by atoms with Gasteiger partial charge in [0.15, 0.2) is 5.75 Å². The molecule has 0 saturated carbocycles. The number of anilines is 1. The first kappa shape index (κ1) is 17.2. The summed E-state index contributed by atoms with van der Waals surface area (Å²) in [5.41, 5.74) is -0.338. The highest BCUT2D eigenvalue weighted by molar-refractivity contribution is 5.92. The summed E-state index contributed by atoms with van der Waals surface area (Å²) in [4.78, 5) is 21.7. The van der Waals surface area contributed by atoms with Crippen LogP contribution in [0.4, 0.5) is 24.5 Å². The van der Waals surface area contributed by atoms with Gasteiger partial charge in [0, 0.05) is 19.0 Å². The topological polar surface area (TPSA) is 99.3 Å². The lowest BCUT2D eigenvalue weighted by atomic mass is 10.2. The maximum atomic E-state index is 13.1. The number of aryl methyl sites for hydroxylation is 1. The average molecular weight is 344 g/mol. The third kappa shape index (κ3) is 4.69. The molecule has 0 atom stereocenters. The van der Waals surface area contributed by atoms with E-state index in [-0.39, 0.29) is 24.3 Å². The number of nitrogens with zero attached hydrogens (tertiary/aromatic N) is 3. The molecule has 128 valence electrons. The first-order valence-corrected chi connectivity index (χ1v) is 6.56. The molecule has 1 N–H and O–H groups in total. The second-order valence-corrected chi connectivity index (χ2v) is 4.54. The zero-order valence-corrected chi connectivity index (χ0v) is 12.0. The van der Waals surface area contributed by atoms with Crippen LogP contribution in [-0.4, -0.2) is 27.2 Å². The highest BCUT2D eigenvalue weighted by Crippen LogP contribution is 2.27. The molecule has 0 aliphatic carbocycles. The van der Waals surface area contributed by atoms with Gasteiger partial charge < -0.3 is 10.1 Å². The van der Waals surface area contributed by atoms with E-state index in [4.69, 9.17) is 0 Å². The molecule has 11 heteroatoms. The molecule has 0 unspecified atom stereocenters. The van der Waals surface area contributed by atoms with Crippen molar-refractivity contribution in [2.45, 2.75) is 19.6 Å². The van der Waals surface area contributed by atoms with Gasteiger partial charge in [0.25, 0.3) is 0 Å². The lowest BCUT2D eigenvalue weighted by Gasteiger charge is -2.12. The number of hydrogen-bond donors (Lipinski definition) is 1. The monoisotopic (exact) mass is 344 g/mol. The van der Waals surface area contributed by atoms with E-state index in [1.807, 2.05) is 0 Å². The molecule has 1 heterocycles. The van der Waals surface area contributed by atoms with E-state index in [2.05, 4.69) is 15.2 Å². The summed E-state index contributed by atoms with van der Waals surface area (Å²) in [5.74, 6) is -1.89. The summed E-state index contributed by atoms with van der Waals surface area (Å²) in [5, 5.41) is 16.5. The van der Waals surface area contributed by atoms with Crippen LogP contribution in [0.15, 0.2) is 30.6 Å². The van der Waals surface area contributed by atoms with E-state index in [0.29, 0.717) is 0 Å². The number of halogens is 3. The number of amides is 1. The molecule has 0 spiro atoms. The Labute approximate surface area is 133 Å².